The first-order valence-electron chi connectivity index (χ1n) is 6.61. The smallest absolute Gasteiger partial charge is 0.0277 e. The number of rotatable bonds is 5. The highest BCUT2D eigenvalue weighted by atomic mass is 15.3. The van der Waals surface area contributed by atoms with Crippen LogP contribution in [0.1, 0.15) is 33.6 Å². The lowest BCUT2D eigenvalue weighted by Crippen LogP contribution is -2.60. The molecule has 0 spiro atoms. The lowest BCUT2D eigenvalue weighted by molar-refractivity contribution is 0.0150. The first-order chi connectivity index (χ1) is 7.51. The Balaban J connectivity index is 2.57. The van der Waals surface area contributed by atoms with Gasteiger partial charge in [-0.2, -0.15) is 0 Å². The fourth-order valence-corrected chi connectivity index (χ4v) is 2.57. The number of hydrogen-bond donors (Lipinski definition) is 1. The van der Waals surface area contributed by atoms with Crippen molar-refractivity contribution < 1.29 is 0 Å². The minimum absolute atomic E-state index is 0.317. The summed E-state index contributed by atoms with van der Waals surface area (Å²) in [5, 5.41) is 3.33. The van der Waals surface area contributed by atoms with Crippen molar-refractivity contribution in [2.45, 2.75) is 45.2 Å². The third-order valence-electron chi connectivity index (χ3n) is 3.92. The number of hydrogen-bond acceptors (Lipinski definition) is 3. The molecule has 1 saturated heterocycles. The standard InChI is InChI=1S/C13H29N3/c1-6-7-12(10-14-4)16-9-8-15(5)13(2,3)11-16/h12,14H,6-11H2,1-5H3. The van der Waals surface area contributed by atoms with Gasteiger partial charge in [-0.15, -0.1) is 0 Å². The molecule has 1 aliphatic rings. The number of likely N-dealkylation sites (N-methyl/N-ethyl adjacent to an activating group) is 2. The Labute approximate surface area is 101 Å². The molecule has 0 amide bonds. The molecular formula is C13H29N3. The van der Waals surface area contributed by atoms with Crippen molar-refractivity contribution in [2.24, 2.45) is 0 Å². The van der Waals surface area contributed by atoms with Crippen LogP contribution in [-0.2, 0) is 0 Å². The first kappa shape index (κ1) is 13.9. The van der Waals surface area contributed by atoms with E-state index in [1.165, 1.54) is 32.5 Å². The maximum atomic E-state index is 3.33. The molecule has 0 bridgehead atoms. The second kappa shape index (κ2) is 5.99. The summed E-state index contributed by atoms with van der Waals surface area (Å²) in [7, 11) is 4.30. The lowest BCUT2D eigenvalue weighted by Gasteiger charge is -2.48. The number of piperazine rings is 1. The predicted molar refractivity (Wildman–Crippen MR) is 70.9 cm³/mol. The van der Waals surface area contributed by atoms with Crippen molar-refractivity contribution in [1.82, 2.24) is 15.1 Å². The highest BCUT2D eigenvalue weighted by Gasteiger charge is 2.33. The Hall–Kier alpha value is -0.120. The van der Waals surface area contributed by atoms with E-state index in [2.05, 4.69) is 50.0 Å². The van der Waals surface area contributed by atoms with E-state index in [1.807, 2.05) is 0 Å². The molecule has 1 unspecified atom stereocenters. The Morgan fingerprint density at radius 3 is 2.50 bits per heavy atom. The molecule has 0 aliphatic carbocycles. The molecule has 0 aromatic carbocycles. The van der Waals surface area contributed by atoms with Crippen LogP contribution < -0.4 is 5.32 Å². The molecule has 16 heavy (non-hydrogen) atoms. The SMILES string of the molecule is CCCC(CNC)N1CCN(C)C(C)(C)C1. The number of nitrogens with zero attached hydrogens (tertiary/aromatic N) is 2. The monoisotopic (exact) mass is 227 g/mol. The average molecular weight is 227 g/mol. The van der Waals surface area contributed by atoms with Gasteiger partial charge in [0.2, 0.25) is 0 Å². The van der Waals surface area contributed by atoms with Crippen LogP contribution in [0.5, 0.6) is 0 Å². The van der Waals surface area contributed by atoms with Crippen LogP contribution in [-0.4, -0.2) is 61.7 Å². The molecule has 0 aromatic heterocycles. The second-order valence-corrected chi connectivity index (χ2v) is 5.70. The minimum Gasteiger partial charge on any atom is -0.318 e. The van der Waals surface area contributed by atoms with Crippen LogP contribution in [0.3, 0.4) is 0 Å². The van der Waals surface area contributed by atoms with Crippen molar-refractivity contribution in [3.05, 3.63) is 0 Å². The summed E-state index contributed by atoms with van der Waals surface area (Å²) in [6.45, 7) is 11.7. The summed E-state index contributed by atoms with van der Waals surface area (Å²) in [6, 6.07) is 0.711. The topological polar surface area (TPSA) is 18.5 Å². The molecule has 1 atom stereocenters. The molecule has 1 rings (SSSR count). The van der Waals surface area contributed by atoms with Crippen molar-refractivity contribution in [1.29, 1.82) is 0 Å². The van der Waals surface area contributed by atoms with E-state index < -0.39 is 0 Å². The van der Waals surface area contributed by atoms with Crippen LogP contribution in [0.15, 0.2) is 0 Å². The summed E-state index contributed by atoms with van der Waals surface area (Å²) in [4.78, 5) is 5.14. The zero-order chi connectivity index (χ0) is 12.2. The van der Waals surface area contributed by atoms with E-state index in [1.54, 1.807) is 0 Å². The molecule has 0 saturated carbocycles. The summed E-state index contributed by atoms with van der Waals surface area (Å²) in [6.07, 6.45) is 2.58. The number of nitrogens with one attached hydrogen (secondary N) is 1. The molecular weight excluding hydrogens is 198 g/mol. The van der Waals surface area contributed by atoms with Gasteiger partial charge in [0.15, 0.2) is 0 Å². The zero-order valence-electron chi connectivity index (χ0n) is 11.7. The average Bonchev–Trinajstić information content (AvgIpc) is 2.22. The minimum atomic E-state index is 0.317. The Morgan fingerprint density at radius 2 is 2.00 bits per heavy atom. The maximum Gasteiger partial charge on any atom is 0.0277 e. The molecule has 0 aromatic rings. The van der Waals surface area contributed by atoms with Gasteiger partial charge in [0, 0.05) is 37.8 Å². The van der Waals surface area contributed by atoms with Gasteiger partial charge < -0.3 is 5.32 Å². The van der Waals surface area contributed by atoms with Crippen LogP contribution in [0.4, 0.5) is 0 Å². The first-order valence-corrected chi connectivity index (χ1v) is 6.61. The van der Waals surface area contributed by atoms with Gasteiger partial charge in [-0.25, -0.2) is 0 Å². The molecule has 0 radical (unpaired) electrons. The van der Waals surface area contributed by atoms with Crippen molar-refractivity contribution >= 4 is 0 Å². The van der Waals surface area contributed by atoms with Gasteiger partial charge in [-0.1, -0.05) is 13.3 Å². The van der Waals surface area contributed by atoms with Gasteiger partial charge in [0.1, 0.15) is 0 Å². The highest BCUT2D eigenvalue weighted by molar-refractivity contribution is 4.91. The Kier molecular flexibility index (Phi) is 5.22. The predicted octanol–water partition coefficient (Wildman–Crippen LogP) is 1.40. The molecule has 1 fully saturated rings. The summed E-state index contributed by atoms with van der Waals surface area (Å²) in [5.74, 6) is 0. The third kappa shape index (κ3) is 3.44. The van der Waals surface area contributed by atoms with Gasteiger partial charge >= 0.3 is 0 Å². The summed E-state index contributed by atoms with van der Waals surface area (Å²) in [5.41, 5.74) is 0.317. The van der Waals surface area contributed by atoms with Gasteiger partial charge in [-0.05, 0) is 34.4 Å². The van der Waals surface area contributed by atoms with E-state index in [0.717, 1.165) is 6.54 Å². The van der Waals surface area contributed by atoms with Crippen molar-refractivity contribution in [3.8, 4) is 0 Å². The molecule has 96 valence electrons. The highest BCUT2D eigenvalue weighted by Crippen LogP contribution is 2.21. The van der Waals surface area contributed by atoms with E-state index in [4.69, 9.17) is 0 Å². The normalized spacial score (nSPS) is 24.6. The van der Waals surface area contributed by atoms with E-state index in [0.29, 0.717) is 11.6 Å². The summed E-state index contributed by atoms with van der Waals surface area (Å²) >= 11 is 0. The van der Waals surface area contributed by atoms with E-state index >= 15 is 0 Å². The van der Waals surface area contributed by atoms with E-state index in [-0.39, 0.29) is 0 Å². The second-order valence-electron chi connectivity index (χ2n) is 5.70. The molecule has 3 nitrogen and oxygen atoms in total. The fraction of sp³-hybridized carbons (Fsp3) is 1.00. The molecule has 1 N–H and O–H groups in total. The summed E-state index contributed by atoms with van der Waals surface area (Å²) < 4.78 is 0. The van der Waals surface area contributed by atoms with Crippen LogP contribution in [0.25, 0.3) is 0 Å². The van der Waals surface area contributed by atoms with Crippen molar-refractivity contribution in [3.63, 3.8) is 0 Å². The maximum absolute atomic E-state index is 3.33. The Morgan fingerprint density at radius 1 is 1.31 bits per heavy atom. The van der Waals surface area contributed by atoms with Crippen LogP contribution >= 0.6 is 0 Å². The lowest BCUT2D eigenvalue weighted by atomic mass is 9.97. The van der Waals surface area contributed by atoms with Gasteiger partial charge in [0.25, 0.3) is 0 Å². The van der Waals surface area contributed by atoms with Gasteiger partial charge in [0.05, 0.1) is 0 Å². The molecule has 1 heterocycles. The van der Waals surface area contributed by atoms with Crippen LogP contribution in [0.2, 0.25) is 0 Å². The zero-order valence-corrected chi connectivity index (χ0v) is 11.7. The quantitative estimate of drug-likeness (QED) is 0.766. The molecule has 3 heteroatoms. The van der Waals surface area contributed by atoms with Crippen molar-refractivity contribution in [2.75, 3.05) is 40.3 Å². The largest absolute Gasteiger partial charge is 0.318 e. The Bertz CT molecular complexity index is 197. The molecule has 1 aliphatic heterocycles. The van der Waals surface area contributed by atoms with Crippen LogP contribution in [0, 0.1) is 0 Å². The van der Waals surface area contributed by atoms with E-state index in [9.17, 15) is 0 Å². The van der Waals surface area contributed by atoms with Gasteiger partial charge in [-0.3, -0.25) is 9.80 Å². The fourth-order valence-electron chi connectivity index (χ4n) is 2.57. The third-order valence-corrected chi connectivity index (χ3v) is 3.92.